The molecule has 0 spiro atoms. The largest absolute Gasteiger partial charge is 0.496 e. The first-order valence-electron chi connectivity index (χ1n) is 6.07. The van der Waals surface area contributed by atoms with Crippen LogP contribution in [-0.2, 0) is 0 Å². The second-order valence-corrected chi connectivity index (χ2v) is 5.79. The van der Waals surface area contributed by atoms with Gasteiger partial charge >= 0.3 is 0 Å². The minimum Gasteiger partial charge on any atom is -0.496 e. The van der Waals surface area contributed by atoms with Crippen LogP contribution in [0.3, 0.4) is 0 Å². The number of thioether (sulfide) groups is 1. The molecule has 2 rings (SSSR count). The van der Waals surface area contributed by atoms with Gasteiger partial charge in [0.2, 0.25) is 0 Å². The van der Waals surface area contributed by atoms with Crippen molar-refractivity contribution in [3.63, 3.8) is 0 Å². The highest BCUT2D eigenvalue weighted by molar-refractivity contribution is 7.99. The van der Waals surface area contributed by atoms with Crippen LogP contribution in [-0.4, -0.2) is 12.9 Å². The molecule has 0 fully saturated rings. The van der Waals surface area contributed by atoms with E-state index in [1.54, 1.807) is 43.1 Å². The maximum atomic E-state index is 12.8. The van der Waals surface area contributed by atoms with E-state index in [4.69, 9.17) is 22.1 Å². The van der Waals surface area contributed by atoms with Gasteiger partial charge in [0.1, 0.15) is 11.6 Å². The Morgan fingerprint density at radius 2 is 1.95 bits per heavy atom. The summed E-state index contributed by atoms with van der Waals surface area (Å²) in [5.41, 5.74) is 7.05. The zero-order valence-corrected chi connectivity index (χ0v) is 12.5. The Hall–Kier alpha value is -1.23. The van der Waals surface area contributed by atoms with Crippen LogP contribution in [0.1, 0.15) is 11.6 Å². The Morgan fingerprint density at radius 1 is 1.25 bits per heavy atom. The van der Waals surface area contributed by atoms with Crippen molar-refractivity contribution < 1.29 is 9.13 Å². The molecule has 5 heteroatoms. The van der Waals surface area contributed by atoms with Crippen molar-refractivity contribution in [3.05, 3.63) is 58.9 Å². The van der Waals surface area contributed by atoms with Gasteiger partial charge in [-0.3, -0.25) is 0 Å². The maximum absolute atomic E-state index is 12.8. The Balaban J connectivity index is 2.06. The van der Waals surface area contributed by atoms with Crippen molar-refractivity contribution in [1.82, 2.24) is 0 Å². The van der Waals surface area contributed by atoms with E-state index in [0.717, 1.165) is 16.2 Å². The first-order chi connectivity index (χ1) is 9.60. The molecule has 106 valence electrons. The van der Waals surface area contributed by atoms with Crippen molar-refractivity contribution >= 4 is 23.4 Å². The fourth-order valence-corrected chi connectivity index (χ4v) is 2.86. The van der Waals surface area contributed by atoms with Crippen molar-refractivity contribution in [3.8, 4) is 5.75 Å². The molecule has 2 aromatic carbocycles. The van der Waals surface area contributed by atoms with Crippen LogP contribution < -0.4 is 10.5 Å². The van der Waals surface area contributed by atoms with Crippen LogP contribution in [0.5, 0.6) is 5.75 Å². The molecular weight excluding hydrogens is 297 g/mol. The molecule has 0 aliphatic carbocycles. The minimum absolute atomic E-state index is 0.210. The van der Waals surface area contributed by atoms with Crippen LogP contribution >= 0.6 is 23.4 Å². The van der Waals surface area contributed by atoms with Gasteiger partial charge in [-0.05, 0) is 42.5 Å². The summed E-state index contributed by atoms with van der Waals surface area (Å²) >= 11 is 7.56. The van der Waals surface area contributed by atoms with E-state index >= 15 is 0 Å². The number of hydrogen-bond donors (Lipinski definition) is 1. The van der Waals surface area contributed by atoms with Gasteiger partial charge in [0, 0.05) is 27.3 Å². The third kappa shape index (κ3) is 3.88. The van der Waals surface area contributed by atoms with Gasteiger partial charge in [-0.2, -0.15) is 0 Å². The fourth-order valence-electron chi connectivity index (χ4n) is 1.80. The van der Waals surface area contributed by atoms with Crippen molar-refractivity contribution in [2.24, 2.45) is 5.73 Å². The summed E-state index contributed by atoms with van der Waals surface area (Å²) in [7, 11) is 1.60. The van der Waals surface area contributed by atoms with E-state index in [1.165, 1.54) is 12.1 Å². The summed E-state index contributed by atoms with van der Waals surface area (Å²) in [5.74, 6) is 1.14. The molecule has 0 aromatic heterocycles. The van der Waals surface area contributed by atoms with Gasteiger partial charge < -0.3 is 10.5 Å². The van der Waals surface area contributed by atoms with Gasteiger partial charge in [0.05, 0.1) is 7.11 Å². The third-order valence-electron chi connectivity index (χ3n) is 2.83. The first kappa shape index (κ1) is 15.2. The summed E-state index contributed by atoms with van der Waals surface area (Å²) in [6.45, 7) is 0. The van der Waals surface area contributed by atoms with E-state index in [-0.39, 0.29) is 11.9 Å². The van der Waals surface area contributed by atoms with Crippen LogP contribution in [0.4, 0.5) is 4.39 Å². The van der Waals surface area contributed by atoms with Crippen molar-refractivity contribution in [2.75, 3.05) is 12.9 Å². The molecule has 2 N–H and O–H groups in total. The molecule has 1 atom stereocenters. The van der Waals surface area contributed by atoms with Gasteiger partial charge in [-0.15, -0.1) is 11.8 Å². The number of rotatable bonds is 5. The number of hydrogen-bond acceptors (Lipinski definition) is 3. The summed E-state index contributed by atoms with van der Waals surface area (Å²) in [6, 6.07) is 11.5. The third-order valence-corrected chi connectivity index (χ3v) is 4.20. The van der Waals surface area contributed by atoms with Crippen LogP contribution in [0.2, 0.25) is 5.02 Å². The van der Waals surface area contributed by atoms with Crippen LogP contribution in [0, 0.1) is 5.82 Å². The molecule has 0 amide bonds. The summed E-state index contributed by atoms with van der Waals surface area (Å²) < 4.78 is 18.1. The second kappa shape index (κ2) is 6.97. The van der Waals surface area contributed by atoms with Gasteiger partial charge in [-0.1, -0.05) is 11.6 Å². The molecule has 0 aliphatic rings. The lowest BCUT2D eigenvalue weighted by molar-refractivity contribution is 0.407. The predicted octanol–water partition coefficient (Wildman–Crippen LogP) is 4.28. The van der Waals surface area contributed by atoms with Crippen molar-refractivity contribution in [2.45, 2.75) is 10.9 Å². The lowest BCUT2D eigenvalue weighted by Crippen LogP contribution is -2.14. The molecule has 0 saturated heterocycles. The van der Waals surface area contributed by atoms with E-state index in [2.05, 4.69) is 0 Å². The van der Waals surface area contributed by atoms with E-state index in [0.29, 0.717) is 10.8 Å². The number of halogens is 2. The molecule has 2 aromatic rings. The van der Waals surface area contributed by atoms with Gasteiger partial charge in [0.15, 0.2) is 0 Å². The standard InChI is InChI=1S/C15H15ClFNOS/c1-19-15-7-2-10(16)8-13(15)14(18)9-20-12-5-3-11(17)4-6-12/h2-8,14H,9,18H2,1H3. The predicted molar refractivity (Wildman–Crippen MR) is 82.1 cm³/mol. The topological polar surface area (TPSA) is 35.2 Å². The monoisotopic (exact) mass is 311 g/mol. The zero-order valence-electron chi connectivity index (χ0n) is 11.0. The first-order valence-corrected chi connectivity index (χ1v) is 7.44. The van der Waals surface area contributed by atoms with Crippen molar-refractivity contribution in [1.29, 1.82) is 0 Å². The number of benzene rings is 2. The molecular formula is C15H15ClFNOS. The average molecular weight is 312 g/mol. The minimum atomic E-state index is -0.241. The number of ether oxygens (including phenoxy) is 1. The van der Waals surface area contributed by atoms with Crippen LogP contribution in [0.25, 0.3) is 0 Å². The van der Waals surface area contributed by atoms with E-state index < -0.39 is 0 Å². The zero-order chi connectivity index (χ0) is 14.5. The molecule has 0 radical (unpaired) electrons. The number of methoxy groups -OCH3 is 1. The fraction of sp³-hybridized carbons (Fsp3) is 0.200. The summed E-state index contributed by atoms with van der Waals surface area (Å²) in [6.07, 6.45) is 0. The quantitative estimate of drug-likeness (QED) is 0.837. The SMILES string of the molecule is COc1ccc(Cl)cc1C(N)CSc1ccc(F)cc1. The Kier molecular flexibility index (Phi) is 5.29. The number of nitrogens with two attached hydrogens (primary N) is 1. The van der Waals surface area contributed by atoms with E-state index in [9.17, 15) is 4.39 Å². The molecule has 1 unspecified atom stereocenters. The molecule has 0 saturated carbocycles. The lowest BCUT2D eigenvalue weighted by atomic mass is 10.1. The molecule has 2 nitrogen and oxygen atoms in total. The molecule has 20 heavy (non-hydrogen) atoms. The molecule has 0 bridgehead atoms. The highest BCUT2D eigenvalue weighted by atomic mass is 35.5. The van der Waals surface area contributed by atoms with Crippen LogP contribution in [0.15, 0.2) is 47.4 Å². The van der Waals surface area contributed by atoms with Gasteiger partial charge in [-0.25, -0.2) is 4.39 Å². The summed E-state index contributed by atoms with van der Waals surface area (Å²) in [4.78, 5) is 0.975. The normalized spacial score (nSPS) is 12.2. The second-order valence-electron chi connectivity index (χ2n) is 4.26. The molecule has 0 heterocycles. The van der Waals surface area contributed by atoms with Gasteiger partial charge in [0.25, 0.3) is 0 Å². The Labute approximate surface area is 127 Å². The Morgan fingerprint density at radius 3 is 2.60 bits per heavy atom. The Bertz CT molecular complexity index is 577. The average Bonchev–Trinajstić information content (AvgIpc) is 2.46. The maximum Gasteiger partial charge on any atom is 0.123 e. The van der Waals surface area contributed by atoms with E-state index in [1.807, 2.05) is 6.07 Å². The lowest BCUT2D eigenvalue weighted by Gasteiger charge is -2.15. The summed E-state index contributed by atoms with van der Waals surface area (Å²) in [5, 5.41) is 0.628. The smallest absolute Gasteiger partial charge is 0.123 e. The highest BCUT2D eigenvalue weighted by Gasteiger charge is 2.13. The molecule has 0 aliphatic heterocycles. The highest BCUT2D eigenvalue weighted by Crippen LogP contribution is 2.30.